The van der Waals surface area contributed by atoms with Gasteiger partial charge in [0.15, 0.2) is 11.5 Å². The van der Waals surface area contributed by atoms with E-state index in [1.807, 2.05) is 30.3 Å². The SMILES string of the molecule is O=C(O)C1CCN(C(=O)C=Cc2ccc(Sc3ccc4c(c3)OCCO4)c(Cl)c2Cl)CC1. The Kier molecular flexibility index (Phi) is 7.18. The van der Waals surface area contributed by atoms with Gasteiger partial charge in [-0.1, -0.05) is 41.0 Å². The number of halogens is 2. The van der Waals surface area contributed by atoms with Gasteiger partial charge in [0.2, 0.25) is 5.91 Å². The Hall–Kier alpha value is -2.35. The summed E-state index contributed by atoms with van der Waals surface area (Å²) in [6, 6.07) is 9.38. The van der Waals surface area contributed by atoms with Gasteiger partial charge in [0.25, 0.3) is 0 Å². The zero-order valence-corrected chi connectivity index (χ0v) is 19.4. The number of aliphatic carboxylic acids is 1. The summed E-state index contributed by atoms with van der Waals surface area (Å²) in [5.41, 5.74) is 0.636. The van der Waals surface area contributed by atoms with Crippen molar-refractivity contribution in [2.75, 3.05) is 26.3 Å². The smallest absolute Gasteiger partial charge is 0.306 e. The molecule has 4 rings (SSSR count). The average Bonchev–Trinajstić information content (AvgIpc) is 2.81. The maximum Gasteiger partial charge on any atom is 0.306 e. The number of likely N-dealkylation sites (tertiary alicyclic amines) is 1. The highest BCUT2D eigenvalue weighted by Crippen LogP contribution is 2.42. The van der Waals surface area contributed by atoms with Crippen LogP contribution in [0.2, 0.25) is 10.0 Å². The lowest BCUT2D eigenvalue weighted by molar-refractivity contribution is -0.144. The number of carboxylic acid groups (broad SMARTS) is 1. The van der Waals surface area contributed by atoms with Gasteiger partial charge in [0, 0.05) is 29.0 Å². The Morgan fingerprint density at radius 3 is 2.47 bits per heavy atom. The van der Waals surface area contributed by atoms with Crippen LogP contribution < -0.4 is 9.47 Å². The number of fused-ring (bicyclic) bond motifs is 1. The van der Waals surface area contributed by atoms with Crippen LogP contribution in [0.1, 0.15) is 18.4 Å². The topological polar surface area (TPSA) is 76.1 Å². The summed E-state index contributed by atoms with van der Waals surface area (Å²) < 4.78 is 11.2. The number of carboxylic acids is 1. The molecule has 1 N–H and O–H groups in total. The molecule has 1 saturated heterocycles. The minimum absolute atomic E-state index is 0.171. The molecular weight excluding hydrogens is 473 g/mol. The summed E-state index contributed by atoms with van der Waals surface area (Å²) in [7, 11) is 0. The molecule has 0 saturated carbocycles. The molecule has 2 aromatic rings. The molecule has 0 unspecified atom stereocenters. The van der Waals surface area contributed by atoms with E-state index >= 15 is 0 Å². The summed E-state index contributed by atoms with van der Waals surface area (Å²) in [6.07, 6.45) is 4.02. The number of nitrogens with zero attached hydrogens (tertiary/aromatic N) is 1. The quantitative estimate of drug-likeness (QED) is 0.573. The Balaban J connectivity index is 1.42. The van der Waals surface area contributed by atoms with Crippen molar-refractivity contribution >= 4 is 52.9 Å². The molecule has 0 aliphatic carbocycles. The maximum absolute atomic E-state index is 12.5. The highest BCUT2D eigenvalue weighted by Gasteiger charge is 2.26. The van der Waals surface area contributed by atoms with Gasteiger partial charge in [0.05, 0.1) is 16.0 Å². The largest absolute Gasteiger partial charge is 0.486 e. The number of ether oxygens (including phenoxy) is 2. The fourth-order valence-corrected chi connectivity index (χ4v) is 5.04. The first-order valence-electron chi connectivity index (χ1n) is 10.2. The van der Waals surface area contributed by atoms with Crippen molar-refractivity contribution in [1.82, 2.24) is 4.90 Å². The molecule has 6 nitrogen and oxygen atoms in total. The molecule has 0 spiro atoms. The summed E-state index contributed by atoms with van der Waals surface area (Å²) in [5.74, 6) is 0.0746. The van der Waals surface area contributed by atoms with Crippen LogP contribution in [-0.2, 0) is 9.59 Å². The van der Waals surface area contributed by atoms with E-state index in [0.717, 1.165) is 15.5 Å². The van der Waals surface area contributed by atoms with Gasteiger partial charge in [-0.15, -0.1) is 0 Å². The zero-order chi connectivity index (χ0) is 22.7. The van der Waals surface area contributed by atoms with Crippen LogP contribution in [0.5, 0.6) is 11.5 Å². The summed E-state index contributed by atoms with van der Waals surface area (Å²) in [6.45, 7) is 1.92. The van der Waals surface area contributed by atoms with Crippen molar-refractivity contribution < 1.29 is 24.2 Å². The van der Waals surface area contributed by atoms with Gasteiger partial charge in [-0.25, -0.2) is 0 Å². The number of carbonyl (C=O) groups excluding carboxylic acids is 1. The maximum atomic E-state index is 12.5. The van der Waals surface area contributed by atoms with Crippen LogP contribution in [0.25, 0.3) is 6.08 Å². The van der Waals surface area contributed by atoms with Gasteiger partial charge in [-0.2, -0.15) is 0 Å². The molecule has 2 heterocycles. The first kappa shape index (κ1) is 22.8. The van der Waals surface area contributed by atoms with Gasteiger partial charge in [-0.3, -0.25) is 9.59 Å². The average molecular weight is 494 g/mol. The van der Waals surface area contributed by atoms with Crippen LogP contribution in [0.3, 0.4) is 0 Å². The van der Waals surface area contributed by atoms with Crippen LogP contribution in [0.4, 0.5) is 0 Å². The van der Waals surface area contributed by atoms with Gasteiger partial charge in [-0.05, 0) is 48.7 Å². The number of benzene rings is 2. The van der Waals surface area contributed by atoms with Gasteiger partial charge >= 0.3 is 5.97 Å². The molecule has 0 aromatic heterocycles. The molecule has 32 heavy (non-hydrogen) atoms. The van der Waals surface area contributed by atoms with Crippen molar-refractivity contribution in [3.8, 4) is 11.5 Å². The van der Waals surface area contributed by atoms with Crippen LogP contribution >= 0.6 is 35.0 Å². The molecule has 0 bridgehead atoms. The Bertz CT molecular complexity index is 1070. The van der Waals surface area contributed by atoms with Gasteiger partial charge < -0.3 is 19.5 Å². The zero-order valence-electron chi connectivity index (χ0n) is 17.1. The highest BCUT2D eigenvalue weighted by atomic mass is 35.5. The molecule has 0 radical (unpaired) electrons. The lowest BCUT2D eigenvalue weighted by atomic mass is 9.97. The molecule has 2 aliphatic rings. The molecule has 1 fully saturated rings. The van der Waals surface area contributed by atoms with Crippen LogP contribution in [0.15, 0.2) is 46.2 Å². The van der Waals surface area contributed by atoms with E-state index < -0.39 is 5.97 Å². The van der Waals surface area contributed by atoms with E-state index in [0.29, 0.717) is 60.5 Å². The molecule has 2 aromatic carbocycles. The number of amides is 1. The van der Waals surface area contributed by atoms with E-state index in [9.17, 15) is 9.59 Å². The molecule has 2 aliphatic heterocycles. The third-order valence-electron chi connectivity index (χ3n) is 5.38. The monoisotopic (exact) mass is 493 g/mol. The Morgan fingerprint density at radius 1 is 1.03 bits per heavy atom. The predicted octanol–water partition coefficient (Wildman–Crippen LogP) is 5.25. The predicted molar refractivity (Wildman–Crippen MR) is 124 cm³/mol. The second-order valence-corrected chi connectivity index (χ2v) is 9.33. The molecular formula is C23H21Cl2NO5S. The fourth-order valence-electron chi connectivity index (χ4n) is 3.58. The normalized spacial score (nSPS) is 16.4. The van der Waals surface area contributed by atoms with E-state index in [1.54, 1.807) is 11.0 Å². The van der Waals surface area contributed by atoms with Crippen molar-refractivity contribution in [3.05, 3.63) is 52.0 Å². The van der Waals surface area contributed by atoms with Crippen molar-refractivity contribution in [3.63, 3.8) is 0 Å². The molecule has 9 heteroatoms. The van der Waals surface area contributed by atoms with Crippen LogP contribution in [-0.4, -0.2) is 48.2 Å². The summed E-state index contributed by atoms with van der Waals surface area (Å²) in [5, 5.41) is 9.85. The number of hydrogen-bond acceptors (Lipinski definition) is 5. The minimum atomic E-state index is -0.803. The number of carbonyl (C=O) groups is 2. The minimum Gasteiger partial charge on any atom is -0.486 e. The Labute approximate surface area is 200 Å². The fraction of sp³-hybridized carbons (Fsp3) is 0.304. The van der Waals surface area contributed by atoms with E-state index in [4.69, 9.17) is 37.8 Å². The Morgan fingerprint density at radius 2 is 1.75 bits per heavy atom. The molecule has 1 amide bonds. The van der Waals surface area contributed by atoms with Crippen molar-refractivity contribution in [2.45, 2.75) is 22.6 Å². The number of hydrogen-bond donors (Lipinski definition) is 1. The van der Waals surface area contributed by atoms with E-state index in [2.05, 4.69) is 0 Å². The second kappa shape index (κ2) is 10.1. The lowest BCUT2D eigenvalue weighted by Gasteiger charge is -2.29. The highest BCUT2D eigenvalue weighted by molar-refractivity contribution is 7.99. The first-order chi connectivity index (χ1) is 15.4. The van der Waals surface area contributed by atoms with Crippen molar-refractivity contribution in [2.24, 2.45) is 5.92 Å². The lowest BCUT2D eigenvalue weighted by Crippen LogP contribution is -2.39. The van der Waals surface area contributed by atoms with Gasteiger partial charge in [0.1, 0.15) is 13.2 Å². The third-order valence-corrected chi connectivity index (χ3v) is 7.44. The number of rotatable bonds is 5. The first-order valence-corrected chi connectivity index (χ1v) is 11.7. The number of piperidine rings is 1. The second-order valence-electron chi connectivity index (χ2n) is 7.46. The standard InChI is InChI=1S/C23H21Cl2NO5S/c24-21-14(2-6-20(27)26-9-7-15(8-10-26)23(28)29)1-5-19(22(21)25)32-16-3-4-17-18(13-16)31-12-11-30-17/h1-6,13,15H,7-12H2,(H,28,29). The summed E-state index contributed by atoms with van der Waals surface area (Å²) in [4.78, 5) is 26.9. The van der Waals surface area contributed by atoms with Crippen molar-refractivity contribution in [1.29, 1.82) is 0 Å². The van der Waals surface area contributed by atoms with E-state index in [-0.39, 0.29) is 11.8 Å². The molecule has 168 valence electrons. The van der Waals surface area contributed by atoms with E-state index in [1.165, 1.54) is 17.8 Å². The summed E-state index contributed by atoms with van der Waals surface area (Å²) >= 11 is 14.4. The van der Waals surface area contributed by atoms with Crippen LogP contribution in [0, 0.1) is 5.92 Å². The molecule has 0 atom stereocenters. The third kappa shape index (κ3) is 5.17.